The molecule has 0 aliphatic carbocycles. The summed E-state index contributed by atoms with van der Waals surface area (Å²) in [5.41, 5.74) is 1.80. The summed E-state index contributed by atoms with van der Waals surface area (Å²) in [6, 6.07) is 10.2. The van der Waals surface area contributed by atoms with Gasteiger partial charge in [-0.25, -0.2) is 13.1 Å². The highest BCUT2D eigenvalue weighted by Crippen LogP contribution is 2.33. The normalized spacial score (nSPS) is 18.9. The first-order valence-corrected chi connectivity index (χ1v) is 11.5. The first-order chi connectivity index (χ1) is 13.7. The summed E-state index contributed by atoms with van der Waals surface area (Å²) >= 11 is 0. The Hall–Kier alpha value is -2.16. The molecule has 0 radical (unpaired) electrons. The van der Waals surface area contributed by atoms with Crippen LogP contribution in [0.1, 0.15) is 45.3 Å². The van der Waals surface area contributed by atoms with Crippen molar-refractivity contribution in [3.05, 3.63) is 48.3 Å². The highest BCUT2D eigenvalue weighted by atomic mass is 32.2. The molecule has 2 atom stereocenters. The fraction of sp³-hybridized carbons (Fsp3) is 0.476. The Bertz CT molecular complexity index is 951. The van der Waals surface area contributed by atoms with E-state index in [9.17, 15) is 13.2 Å². The molecule has 1 aliphatic heterocycles. The van der Waals surface area contributed by atoms with Crippen molar-refractivity contribution in [2.45, 2.75) is 56.6 Å². The largest absolute Gasteiger partial charge is 0.353 e. The molecule has 1 fully saturated rings. The summed E-state index contributed by atoms with van der Waals surface area (Å²) in [5, 5.41) is 2.92. The van der Waals surface area contributed by atoms with Crippen LogP contribution in [0.5, 0.6) is 0 Å². The van der Waals surface area contributed by atoms with Gasteiger partial charge in [-0.2, -0.15) is 0 Å². The number of carbonyl (C=O) groups excluding carboxylic acids is 1. The van der Waals surface area contributed by atoms with Crippen molar-refractivity contribution in [3.63, 3.8) is 0 Å². The first kappa shape index (κ1) is 21.5. The summed E-state index contributed by atoms with van der Waals surface area (Å²) in [6.07, 6.45) is 4.12. The van der Waals surface area contributed by atoms with Crippen molar-refractivity contribution in [2.75, 3.05) is 11.9 Å². The van der Waals surface area contributed by atoms with Crippen LogP contribution < -0.4 is 10.0 Å². The van der Waals surface area contributed by atoms with Gasteiger partial charge in [0.15, 0.2) is 0 Å². The number of rotatable bonds is 7. The highest BCUT2D eigenvalue weighted by molar-refractivity contribution is 7.89. The van der Waals surface area contributed by atoms with Crippen molar-refractivity contribution in [1.29, 1.82) is 0 Å². The predicted molar refractivity (Wildman–Crippen MR) is 114 cm³/mol. The number of aromatic nitrogens is 1. The third-order valence-electron chi connectivity index (χ3n) is 5.32. The molecule has 2 heterocycles. The van der Waals surface area contributed by atoms with E-state index in [1.807, 2.05) is 26.2 Å². The number of aryl methyl sites for hydroxylation is 1. The van der Waals surface area contributed by atoms with Gasteiger partial charge in [-0.3, -0.25) is 9.69 Å². The Morgan fingerprint density at radius 2 is 1.83 bits per heavy atom. The van der Waals surface area contributed by atoms with Crippen LogP contribution in [0.15, 0.2) is 47.5 Å². The number of sulfonamides is 1. The third-order valence-corrected chi connectivity index (χ3v) is 6.99. The van der Waals surface area contributed by atoms with Gasteiger partial charge in [-0.05, 0) is 76.6 Å². The molecule has 1 aromatic carbocycles. The lowest BCUT2D eigenvalue weighted by Crippen LogP contribution is -2.42. The zero-order valence-electron chi connectivity index (χ0n) is 17.4. The van der Waals surface area contributed by atoms with E-state index < -0.39 is 10.0 Å². The number of hydrogen-bond donors (Lipinski definition) is 2. The molecule has 0 spiro atoms. The Morgan fingerprint density at radius 3 is 2.41 bits per heavy atom. The van der Waals surface area contributed by atoms with Gasteiger partial charge in [-0.15, -0.1) is 0 Å². The molecular formula is C21H30N4O3S. The van der Waals surface area contributed by atoms with E-state index in [0.29, 0.717) is 5.69 Å². The van der Waals surface area contributed by atoms with E-state index in [1.165, 1.54) is 17.8 Å². The molecule has 158 valence electrons. The minimum atomic E-state index is -3.54. The van der Waals surface area contributed by atoms with Crippen LogP contribution in [0, 0.1) is 0 Å². The van der Waals surface area contributed by atoms with Gasteiger partial charge in [0.1, 0.15) is 0 Å². The molecule has 1 saturated heterocycles. The summed E-state index contributed by atoms with van der Waals surface area (Å²) in [7, 11) is -1.52. The van der Waals surface area contributed by atoms with Gasteiger partial charge in [0.25, 0.3) is 0 Å². The van der Waals surface area contributed by atoms with Crippen LogP contribution >= 0.6 is 0 Å². The number of nitrogens with one attached hydrogen (secondary N) is 2. The topological polar surface area (TPSA) is 83.4 Å². The number of nitrogens with zero attached hydrogens (tertiary/aromatic N) is 2. The average molecular weight is 419 g/mol. The summed E-state index contributed by atoms with van der Waals surface area (Å²) in [5.74, 6) is -0.0954. The quantitative estimate of drug-likeness (QED) is 0.724. The predicted octanol–water partition coefficient (Wildman–Crippen LogP) is 2.88. The lowest BCUT2D eigenvalue weighted by atomic mass is 10.1. The van der Waals surface area contributed by atoms with Gasteiger partial charge in [0, 0.05) is 30.7 Å². The number of benzene rings is 1. The maximum absolute atomic E-state index is 12.8. The summed E-state index contributed by atoms with van der Waals surface area (Å²) < 4.78 is 29.1. The molecule has 2 N–H and O–H groups in total. The average Bonchev–Trinajstić information content (AvgIpc) is 3.28. The number of anilines is 1. The van der Waals surface area contributed by atoms with Crippen LogP contribution in [-0.4, -0.2) is 42.4 Å². The molecule has 1 amide bonds. The molecule has 1 aromatic heterocycles. The Labute approximate surface area is 173 Å². The number of carbonyl (C=O) groups is 1. The molecule has 2 aromatic rings. The fourth-order valence-corrected chi connectivity index (χ4v) is 5.13. The minimum Gasteiger partial charge on any atom is -0.353 e. The monoisotopic (exact) mass is 418 g/mol. The fourth-order valence-electron chi connectivity index (χ4n) is 3.88. The van der Waals surface area contributed by atoms with E-state index in [4.69, 9.17) is 0 Å². The van der Waals surface area contributed by atoms with Gasteiger partial charge in [0.2, 0.25) is 15.9 Å². The van der Waals surface area contributed by atoms with Gasteiger partial charge >= 0.3 is 0 Å². The van der Waals surface area contributed by atoms with E-state index in [1.54, 1.807) is 26.0 Å². The van der Waals surface area contributed by atoms with Crippen LogP contribution in [0.2, 0.25) is 0 Å². The van der Waals surface area contributed by atoms with Crippen LogP contribution in [-0.2, 0) is 21.9 Å². The Morgan fingerprint density at radius 1 is 1.14 bits per heavy atom. The maximum atomic E-state index is 12.8. The van der Waals surface area contributed by atoms with Crippen LogP contribution in [0.3, 0.4) is 0 Å². The zero-order valence-corrected chi connectivity index (χ0v) is 18.2. The second-order valence-electron chi connectivity index (χ2n) is 7.91. The van der Waals surface area contributed by atoms with E-state index in [-0.39, 0.29) is 28.9 Å². The lowest BCUT2D eigenvalue weighted by molar-refractivity contribution is -0.121. The van der Waals surface area contributed by atoms with Gasteiger partial charge in [-0.1, -0.05) is 0 Å². The second-order valence-corrected chi connectivity index (χ2v) is 9.62. The zero-order chi connectivity index (χ0) is 21.2. The van der Waals surface area contributed by atoms with Crippen molar-refractivity contribution < 1.29 is 13.2 Å². The standard InChI is InChI=1S/C21H30N4O3S/c1-15(2)23-29(27,28)18-11-9-17(10-12-18)22-21(26)16(3)25-14-6-8-20(25)19-7-5-13-24(19)4/h5,7,9-13,15-16,20,23H,6,8,14H2,1-4H3,(H,22,26)/t16-,20-/m1/s1. The first-order valence-electron chi connectivity index (χ1n) is 9.99. The lowest BCUT2D eigenvalue weighted by Gasteiger charge is -2.30. The smallest absolute Gasteiger partial charge is 0.241 e. The van der Waals surface area contributed by atoms with Crippen molar-refractivity contribution in [1.82, 2.24) is 14.2 Å². The SMILES string of the molecule is CC(C)NS(=O)(=O)c1ccc(NC(=O)[C@@H](C)N2CCC[C@@H]2c2cccn2C)cc1. The van der Waals surface area contributed by atoms with Crippen LogP contribution in [0.25, 0.3) is 0 Å². The molecule has 1 aliphatic rings. The third kappa shape index (κ3) is 4.88. The molecule has 0 bridgehead atoms. The summed E-state index contributed by atoms with van der Waals surface area (Å²) in [4.78, 5) is 15.2. The number of hydrogen-bond acceptors (Lipinski definition) is 4. The maximum Gasteiger partial charge on any atom is 0.241 e. The summed E-state index contributed by atoms with van der Waals surface area (Å²) in [6.45, 7) is 6.34. The van der Waals surface area contributed by atoms with E-state index in [2.05, 4.69) is 25.6 Å². The van der Waals surface area contributed by atoms with Crippen molar-refractivity contribution in [3.8, 4) is 0 Å². The molecule has 7 nitrogen and oxygen atoms in total. The number of likely N-dealkylation sites (tertiary alicyclic amines) is 1. The Balaban J connectivity index is 1.67. The minimum absolute atomic E-state index is 0.0954. The van der Waals surface area contributed by atoms with Crippen molar-refractivity contribution >= 4 is 21.6 Å². The molecule has 29 heavy (non-hydrogen) atoms. The molecule has 8 heteroatoms. The molecule has 0 unspecified atom stereocenters. The second kappa shape index (κ2) is 8.69. The Kier molecular flexibility index (Phi) is 6.45. The van der Waals surface area contributed by atoms with Gasteiger partial charge < -0.3 is 9.88 Å². The molecule has 0 saturated carbocycles. The molecule has 3 rings (SSSR count). The van der Waals surface area contributed by atoms with E-state index >= 15 is 0 Å². The van der Waals surface area contributed by atoms with E-state index in [0.717, 1.165) is 19.4 Å². The highest BCUT2D eigenvalue weighted by Gasteiger charge is 2.34. The van der Waals surface area contributed by atoms with Crippen LogP contribution in [0.4, 0.5) is 5.69 Å². The van der Waals surface area contributed by atoms with Crippen molar-refractivity contribution in [2.24, 2.45) is 7.05 Å². The molecular weight excluding hydrogens is 388 g/mol. The van der Waals surface area contributed by atoms with Gasteiger partial charge in [0.05, 0.1) is 17.0 Å². The number of amides is 1.